The van der Waals surface area contributed by atoms with Crippen LogP contribution in [0.5, 0.6) is 0 Å². The van der Waals surface area contributed by atoms with E-state index in [-0.39, 0.29) is 12.0 Å². The summed E-state index contributed by atoms with van der Waals surface area (Å²) < 4.78 is 6.39. The van der Waals surface area contributed by atoms with Crippen LogP contribution in [0, 0.1) is 0 Å². The zero-order valence-electron chi connectivity index (χ0n) is 11.6. The lowest BCUT2D eigenvalue weighted by atomic mass is 10.2. The zero-order valence-corrected chi connectivity index (χ0v) is 13.1. The Hall–Kier alpha value is -1.11. The molecule has 0 spiro atoms. The molecule has 1 amide bonds. The van der Waals surface area contributed by atoms with Gasteiger partial charge in [-0.15, -0.1) is 0 Å². The van der Waals surface area contributed by atoms with Gasteiger partial charge in [-0.1, -0.05) is 6.92 Å². The molecule has 1 saturated heterocycles. The molecule has 1 aromatic rings. The van der Waals surface area contributed by atoms with Crippen molar-refractivity contribution in [3.05, 3.63) is 28.2 Å². The quantitative estimate of drug-likeness (QED) is 0.814. The fourth-order valence-electron chi connectivity index (χ4n) is 2.17. The summed E-state index contributed by atoms with van der Waals surface area (Å²) in [5, 5.41) is 2.91. The van der Waals surface area contributed by atoms with Crippen LogP contribution < -0.4 is 11.1 Å². The van der Waals surface area contributed by atoms with Crippen LogP contribution in [0.4, 0.5) is 5.69 Å². The summed E-state index contributed by atoms with van der Waals surface area (Å²) in [5.41, 5.74) is 6.92. The molecule has 20 heavy (non-hydrogen) atoms. The molecule has 1 heterocycles. The summed E-state index contributed by atoms with van der Waals surface area (Å²) in [4.78, 5) is 14.4. The van der Waals surface area contributed by atoms with Crippen LogP contribution in [0.25, 0.3) is 0 Å². The number of nitrogens with two attached hydrogens (primary N) is 1. The van der Waals surface area contributed by atoms with E-state index in [1.807, 2.05) is 0 Å². The lowest BCUT2D eigenvalue weighted by Crippen LogP contribution is -2.47. The summed E-state index contributed by atoms with van der Waals surface area (Å²) in [7, 11) is 0. The highest BCUT2D eigenvalue weighted by Crippen LogP contribution is 2.20. The standard InChI is InChI=1S/C14H20BrN3O2/c1-2-18-5-6-20-11(9-18)8-17-14(19)10-3-4-13(16)12(15)7-10/h3-4,7,11H,2,5-6,8-9,16H2,1H3,(H,17,19). The Morgan fingerprint density at radius 2 is 2.40 bits per heavy atom. The van der Waals surface area contributed by atoms with Crippen molar-refractivity contribution in [2.75, 3.05) is 38.5 Å². The smallest absolute Gasteiger partial charge is 0.251 e. The number of halogens is 1. The number of nitrogens with one attached hydrogen (secondary N) is 1. The van der Waals surface area contributed by atoms with Gasteiger partial charge in [0.1, 0.15) is 0 Å². The molecular formula is C14H20BrN3O2. The van der Waals surface area contributed by atoms with E-state index in [9.17, 15) is 4.79 Å². The van der Waals surface area contributed by atoms with Gasteiger partial charge in [-0.3, -0.25) is 9.69 Å². The van der Waals surface area contributed by atoms with Gasteiger partial charge < -0.3 is 15.8 Å². The van der Waals surface area contributed by atoms with Gasteiger partial charge in [0.2, 0.25) is 0 Å². The molecule has 1 aliphatic rings. The average Bonchev–Trinajstić information content (AvgIpc) is 2.47. The number of ether oxygens (including phenoxy) is 1. The highest BCUT2D eigenvalue weighted by Gasteiger charge is 2.20. The Morgan fingerprint density at radius 3 is 3.10 bits per heavy atom. The molecule has 0 aromatic heterocycles. The third kappa shape index (κ3) is 3.94. The predicted octanol–water partition coefficient (Wildman–Crippen LogP) is 1.48. The molecule has 110 valence electrons. The number of morpholine rings is 1. The second-order valence-electron chi connectivity index (χ2n) is 4.83. The van der Waals surface area contributed by atoms with Crippen LogP contribution in [0.1, 0.15) is 17.3 Å². The maximum atomic E-state index is 12.1. The number of hydrogen-bond acceptors (Lipinski definition) is 4. The van der Waals surface area contributed by atoms with E-state index in [1.54, 1.807) is 18.2 Å². The number of rotatable bonds is 4. The minimum atomic E-state index is -0.108. The molecule has 0 saturated carbocycles. The van der Waals surface area contributed by atoms with Crippen molar-refractivity contribution in [3.63, 3.8) is 0 Å². The van der Waals surface area contributed by atoms with E-state index in [4.69, 9.17) is 10.5 Å². The second kappa shape index (κ2) is 7.06. The summed E-state index contributed by atoms with van der Waals surface area (Å²) in [6.45, 7) is 6.22. The number of amides is 1. The molecule has 3 N–H and O–H groups in total. The van der Waals surface area contributed by atoms with Crippen molar-refractivity contribution in [1.82, 2.24) is 10.2 Å². The zero-order chi connectivity index (χ0) is 14.5. The molecule has 1 aromatic carbocycles. The first-order chi connectivity index (χ1) is 9.60. The van der Waals surface area contributed by atoms with Crippen molar-refractivity contribution >= 4 is 27.5 Å². The maximum absolute atomic E-state index is 12.1. The number of carbonyl (C=O) groups excluding carboxylic acids is 1. The Balaban J connectivity index is 1.87. The number of carbonyl (C=O) groups is 1. The highest BCUT2D eigenvalue weighted by molar-refractivity contribution is 9.10. The summed E-state index contributed by atoms with van der Waals surface area (Å²) in [5.74, 6) is -0.108. The number of benzene rings is 1. The van der Waals surface area contributed by atoms with Crippen molar-refractivity contribution in [3.8, 4) is 0 Å². The molecule has 6 heteroatoms. The normalized spacial score (nSPS) is 19.8. The van der Waals surface area contributed by atoms with Crippen LogP contribution in [-0.4, -0.2) is 49.7 Å². The number of nitrogen functional groups attached to an aromatic ring is 1. The Morgan fingerprint density at radius 1 is 1.60 bits per heavy atom. The number of anilines is 1. The van der Waals surface area contributed by atoms with Crippen LogP contribution in [0.3, 0.4) is 0 Å². The Bertz CT molecular complexity index is 481. The van der Waals surface area contributed by atoms with E-state index < -0.39 is 0 Å². The first kappa shape index (κ1) is 15.3. The van der Waals surface area contributed by atoms with Crippen molar-refractivity contribution in [1.29, 1.82) is 0 Å². The summed E-state index contributed by atoms with van der Waals surface area (Å²) in [6.07, 6.45) is 0.0601. The predicted molar refractivity (Wildman–Crippen MR) is 82.7 cm³/mol. The maximum Gasteiger partial charge on any atom is 0.251 e. The largest absolute Gasteiger partial charge is 0.398 e. The first-order valence-corrected chi connectivity index (χ1v) is 7.56. The van der Waals surface area contributed by atoms with Crippen LogP contribution in [-0.2, 0) is 4.74 Å². The third-order valence-electron chi connectivity index (χ3n) is 3.42. The minimum Gasteiger partial charge on any atom is -0.398 e. The van der Waals surface area contributed by atoms with Crippen molar-refractivity contribution < 1.29 is 9.53 Å². The summed E-state index contributed by atoms with van der Waals surface area (Å²) >= 11 is 3.32. The monoisotopic (exact) mass is 341 g/mol. The van der Waals surface area contributed by atoms with Crippen molar-refractivity contribution in [2.45, 2.75) is 13.0 Å². The van der Waals surface area contributed by atoms with Crippen LogP contribution >= 0.6 is 15.9 Å². The van der Waals surface area contributed by atoms with Crippen LogP contribution in [0.2, 0.25) is 0 Å². The van der Waals surface area contributed by atoms with E-state index in [1.165, 1.54) is 0 Å². The molecule has 1 unspecified atom stereocenters. The van der Waals surface area contributed by atoms with Gasteiger partial charge >= 0.3 is 0 Å². The molecular weight excluding hydrogens is 322 g/mol. The van der Waals surface area contributed by atoms with Gasteiger partial charge in [0.15, 0.2) is 0 Å². The number of likely N-dealkylation sites (N-methyl/N-ethyl adjacent to an activating group) is 1. The van der Waals surface area contributed by atoms with E-state index in [0.29, 0.717) is 17.8 Å². The van der Waals surface area contributed by atoms with Crippen molar-refractivity contribution in [2.24, 2.45) is 0 Å². The average molecular weight is 342 g/mol. The highest BCUT2D eigenvalue weighted by atomic mass is 79.9. The van der Waals surface area contributed by atoms with E-state index >= 15 is 0 Å². The molecule has 1 fully saturated rings. The summed E-state index contributed by atoms with van der Waals surface area (Å²) in [6, 6.07) is 5.16. The first-order valence-electron chi connectivity index (χ1n) is 6.77. The fraction of sp³-hybridized carbons (Fsp3) is 0.500. The number of nitrogens with zero attached hydrogens (tertiary/aromatic N) is 1. The van der Waals surface area contributed by atoms with E-state index in [0.717, 1.165) is 30.7 Å². The Kier molecular flexibility index (Phi) is 5.39. The Labute approximate surface area is 127 Å². The molecule has 1 atom stereocenters. The minimum absolute atomic E-state index is 0.0601. The number of hydrogen-bond donors (Lipinski definition) is 2. The van der Waals surface area contributed by atoms with Gasteiger partial charge in [0, 0.05) is 35.4 Å². The molecule has 2 rings (SSSR count). The van der Waals surface area contributed by atoms with Gasteiger partial charge in [-0.25, -0.2) is 0 Å². The topological polar surface area (TPSA) is 67.6 Å². The molecule has 0 radical (unpaired) electrons. The molecule has 0 aliphatic carbocycles. The fourth-order valence-corrected chi connectivity index (χ4v) is 2.55. The van der Waals surface area contributed by atoms with E-state index in [2.05, 4.69) is 33.1 Å². The van der Waals surface area contributed by atoms with Crippen LogP contribution in [0.15, 0.2) is 22.7 Å². The molecule has 1 aliphatic heterocycles. The second-order valence-corrected chi connectivity index (χ2v) is 5.69. The molecule has 0 bridgehead atoms. The van der Waals surface area contributed by atoms with Gasteiger partial charge in [-0.05, 0) is 40.7 Å². The van der Waals surface area contributed by atoms with Gasteiger partial charge in [0.05, 0.1) is 12.7 Å². The molecule has 5 nitrogen and oxygen atoms in total. The SMILES string of the molecule is CCN1CCOC(CNC(=O)c2ccc(N)c(Br)c2)C1. The third-order valence-corrected chi connectivity index (χ3v) is 4.11. The van der Waals surface area contributed by atoms with Gasteiger partial charge in [-0.2, -0.15) is 0 Å². The van der Waals surface area contributed by atoms with Gasteiger partial charge in [0.25, 0.3) is 5.91 Å². The lowest BCUT2D eigenvalue weighted by molar-refractivity contribution is -0.0246. The lowest BCUT2D eigenvalue weighted by Gasteiger charge is -2.32.